The third-order valence-electron chi connectivity index (χ3n) is 7.06. The molecule has 1 aliphatic heterocycles. The summed E-state index contributed by atoms with van der Waals surface area (Å²) in [5.74, 6) is -4.27. The molecular weight excluding hydrogens is 605 g/mol. The summed E-state index contributed by atoms with van der Waals surface area (Å²) in [4.78, 5) is 24.4. The van der Waals surface area contributed by atoms with E-state index in [-0.39, 0.29) is 12.0 Å². The summed E-state index contributed by atoms with van der Waals surface area (Å²) in [5.41, 5.74) is 3.66. The molecule has 2 aromatic heterocycles. The maximum absolute atomic E-state index is 14.1. The van der Waals surface area contributed by atoms with Crippen molar-refractivity contribution < 1.29 is 41.4 Å². The lowest BCUT2D eigenvalue weighted by Crippen LogP contribution is -2.42. The number of likely N-dealkylation sites (tertiary alicyclic amines) is 1. The predicted molar refractivity (Wildman–Crippen MR) is 153 cm³/mol. The highest BCUT2D eigenvalue weighted by Gasteiger charge is 2.38. The van der Waals surface area contributed by atoms with Gasteiger partial charge in [-0.3, -0.25) is 15.3 Å². The highest BCUT2D eigenvalue weighted by atomic mass is 19.4. The van der Waals surface area contributed by atoms with E-state index in [1.807, 2.05) is 37.3 Å². The molecule has 4 aromatic rings. The lowest BCUT2D eigenvalue weighted by molar-refractivity contribution is -0.192. The molecule has 4 N–H and O–H groups in total. The van der Waals surface area contributed by atoms with Crippen molar-refractivity contribution >= 4 is 17.8 Å². The first-order chi connectivity index (χ1) is 21.4. The van der Waals surface area contributed by atoms with E-state index < -0.39 is 29.8 Å². The van der Waals surface area contributed by atoms with Gasteiger partial charge in [-0.05, 0) is 36.8 Å². The highest BCUT2D eigenvalue weighted by Crippen LogP contribution is 2.31. The van der Waals surface area contributed by atoms with Gasteiger partial charge in [-0.15, -0.1) is 0 Å². The molecule has 0 unspecified atom stereocenters. The molecule has 3 heterocycles. The molecule has 0 spiro atoms. The van der Waals surface area contributed by atoms with Gasteiger partial charge >= 0.3 is 18.2 Å². The number of carboxylic acid groups (broad SMARTS) is 1. The second kappa shape index (κ2) is 14.3. The number of aliphatic carboxylic acids is 1. The average molecular weight is 636 g/mol. The number of anilines is 1. The van der Waals surface area contributed by atoms with Crippen LogP contribution in [0.4, 0.5) is 32.6 Å². The number of hydrogen-bond acceptors (Lipinski definition) is 6. The zero-order valence-corrected chi connectivity index (χ0v) is 24.1. The van der Waals surface area contributed by atoms with Crippen molar-refractivity contribution in [2.45, 2.75) is 25.1 Å². The van der Waals surface area contributed by atoms with Crippen molar-refractivity contribution in [1.29, 1.82) is 0 Å². The number of alkyl halides is 3. The minimum atomic E-state index is -5.08. The molecular formula is C29H30F5N7O4. The summed E-state index contributed by atoms with van der Waals surface area (Å²) in [6, 6.07) is 12.6. The van der Waals surface area contributed by atoms with E-state index in [1.165, 1.54) is 6.07 Å². The molecule has 0 radical (unpaired) electrons. The van der Waals surface area contributed by atoms with E-state index >= 15 is 0 Å². The van der Waals surface area contributed by atoms with Crippen molar-refractivity contribution in [3.8, 4) is 16.9 Å². The van der Waals surface area contributed by atoms with Crippen molar-refractivity contribution in [3.05, 3.63) is 83.7 Å². The number of rotatable bonds is 8. The number of H-pyrrole nitrogens is 1. The van der Waals surface area contributed by atoms with Gasteiger partial charge in [-0.25, -0.2) is 23.1 Å². The molecule has 240 valence electrons. The molecule has 0 bridgehead atoms. The van der Waals surface area contributed by atoms with Crippen LogP contribution in [0.15, 0.2) is 60.9 Å². The number of aromatic nitrogens is 4. The van der Waals surface area contributed by atoms with Gasteiger partial charge in [-0.1, -0.05) is 24.3 Å². The van der Waals surface area contributed by atoms with Gasteiger partial charge < -0.3 is 15.2 Å². The molecule has 0 aliphatic carbocycles. The Hall–Kier alpha value is -4.83. The van der Waals surface area contributed by atoms with Crippen LogP contribution in [0.5, 0.6) is 0 Å². The van der Waals surface area contributed by atoms with Crippen LogP contribution in [0.3, 0.4) is 0 Å². The van der Waals surface area contributed by atoms with Crippen molar-refractivity contribution in [2.75, 3.05) is 38.7 Å². The molecule has 5 rings (SSSR count). The highest BCUT2D eigenvalue weighted by molar-refractivity contribution is 5.91. The minimum absolute atomic E-state index is 0.227. The number of ether oxygens (including phenoxy) is 1. The van der Waals surface area contributed by atoms with Crippen LogP contribution in [0, 0.1) is 18.6 Å². The van der Waals surface area contributed by atoms with Crippen LogP contribution in [0.2, 0.25) is 0 Å². The Kier molecular flexibility index (Phi) is 10.5. The van der Waals surface area contributed by atoms with Crippen LogP contribution in [0.1, 0.15) is 17.0 Å². The number of para-hydroxylation sites is 1. The summed E-state index contributed by atoms with van der Waals surface area (Å²) >= 11 is 0. The molecule has 1 aliphatic rings. The summed E-state index contributed by atoms with van der Waals surface area (Å²) in [5, 5.41) is 24.7. The van der Waals surface area contributed by atoms with Crippen molar-refractivity contribution in [3.63, 3.8) is 0 Å². The quantitative estimate of drug-likeness (QED) is 0.206. The summed E-state index contributed by atoms with van der Waals surface area (Å²) in [6.07, 6.45) is -1.66. The zero-order valence-electron chi connectivity index (χ0n) is 24.1. The number of halogens is 5. The van der Waals surface area contributed by atoms with Crippen LogP contribution in [-0.4, -0.2) is 87.6 Å². The molecule has 2 atom stereocenters. The molecule has 1 saturated heterocycles. The fourth-order valence-corrected chi connectivity index (χ4v) is 4.88. The number of carboxylic acids is 1. The number of benzene rings is 2. The Bertz CT molecular complexity index is 1600. The maximum atomic E-state index is 14.1. The largest absolute Gasteiger partial charge is 0.490 e. The van der Waals surface area contributed by atoms with Crippen LogP contribution in [-0.2, 0) is 9.53 Å². The standard InChI is InChI=1S/C27H29F2N7O2.C2HF3O2/c1-17-25(19-13-30-31-14-19)34-36(20-6-4-3-5-7-20)26(17)33-27(37)32-24-16-35(10-11-38-2)15-21(24)18-8-9-22(28)23(29)12-18;3-2(4,5)1(6)7/h3-9,12-14,21,24H,10-11,15-16H2,1-2H3,(H,30,31)(H2,32,33,37);(H,6,7)/t21-,24+;/m0./s1. The van der Waals surface area contributed by atoms with Gasteiger partial charge in [0.2, 0.25) is 0 Å². The number of carbonyl (C=O) groups is 2. The smallest absolute Gasteiger partial charge is 0.475 e. The summed E-state index contributed by atoms with van der Waals surface area (Å²) < 4.78 is 66.3. The number of aromatic amines is 1. The minimum Gasteiger partial charge on any atom is -0.475 e. The number of hydrogen-bond donors (Lipinski definition) is 4. The number of nitrogens with one attached hydrogen (secondary N) is 3. The molecule has 0 saturated carbocycles. The number of nitrogens with zero attached hydrogens (tertiary/aromatic N) is 4. The third-order valence-corrected chi connectivity index (χ3v) is 7.06. The molecule has 11 nitrogen and oxygen atoms in total. The Morgan fingerprint density at radius 3 is 2.42 bits per heavy atom. The van der Waals surface area contributed by atoms with Crippen molar-refractivity contribution in [2.24, 2.45) is 0 Å². The normalized spacial score (nSPS) is 16.6. The monoisotopic (exact) mass is 635 g/mol. The van der Waals surface area contributed by atoms with Gasteiger partial charge in [0.05, 0.1) is 24.5 Å². The third kappa shape index (κ3) is 8.21. The number of carbonyl (C=O) groups excluding carboxylic acids is 1. The predicted octanol–water partition coefficient (Wildman–Crippen LogP) is 4.72. The lowest BCUT2D eigenvalue weighted by atomic mass is 9.94. The van der Waals surface area contributed by atoms with Gasteiger partial charge in [0.1, 0.15) is 11.5 Å². The fourth-order valence-electron chi connectivity index (χ4n) is 4.88. The molecule has 45 heavy (non-hydrogen) atoms. The van der Waals surface area contributed by atoms with Crippen LogP contribution in [0.25, 0.3) is 16.9 Å². The van der Waals surface area contributed by atoms with Crippen LogP contribution < -0.4 is 10.6 Å². The van der Waals surface area contributed by atoms with E-state index in [0.717, 1.165) is 22.9 Å². The van der Waals surface area contributed by atoms with Gasteiger partial charge in [0.25, 0.3) is 0 Å². The number of urea groups is 1. The first kappa shape index (κ1) is 33.1. The lowest BCUT2D eigenvalue weighted by Gasteiger charge is -2.21. The topological polar surface area (TPSA) is 137 Å². The summed E-state index contributed by atoms with van der Waals surface area (Å²) in [6.45, 7) is 4.18. The zero-order chi connectivity index (χ0) is 32.7. The first-order valence-electron chi connectivity index (χ1n) is 13.6. The molecule has 2 amide bonds. The van der Waals surface area contributed by atoms with E-state index in [1.54, 1.807) is 30.3 Å². The van der Waals surface area contributed by atoms with Crippen molar-refractivity contribution in [1.82, 2.24) is 30.2 Å². The van der Waals surface area contributed by atoms with E-state index in [4.69, 9.17) is 19.7 Å². The first-order valence-corrected chi connectivity index (χ1v) is 13.6. The fraction of sp³-hybridized carbons (Fsp3) is 0.310. The SMILES string of the molecule is COCCN1C[C@@H](NC(=O)Nc2c(C)c(-c3cn[nH]c3)nn2-c2ccccc2)[C@H](c2ccc(F)c(F)c2)C1.O=C(O)C(F)(F)F. The van der Waals surface area contributed by atoms with Crippen LogP contribution >= 0.6 is 0 Å². The maximum Gasteiger partial charge on any atom is 0.490 e. The Balaban J connectivity index is 0.000000591. The Morgan fingerprint density at radius 1 is 1.11 bits per heavy atom. The number of methoxy groups -OCH3 is 1. The average Bonchev–Trinajstić information content (AvgIpc) is 3.74. The van der Waals surface area contributed by atoms with Gasteiger partial charge in [0, 0.05) is 50.0 Å². The second-order valence-corrected chi connectivity index (χ2v) is 10.1. The summed E-state index contributed by atoms with van der Waals surface area (Å²) in [7, 11) is 1.63. The van der Waals surface area contributed by atoms with Gasteiger partial charge in [0.15, 0.2) is 11.6 Å². The Labute approximate surface area is 254 Å². The second-order valence-electron chi connectivity index (χ2n) is 10.1. The molecule has 16 heteroatoms. The van der Waals surface area contributed by atoms with E-state index in [0.29, 0.717) is 43.3 Å². The van der Waals surface area contributed by atoms with E-state index in [9.17, 15) is 26.7 Å². The molecule has 1 fully saturated rings. The number of amides is 2. The van der Waals surface area contributed by atoms with E-state index in [2.05, 4.69) is 25.7 Å². The Morgan fingerprint density at radius 2 is 1.82 bits per heavy atom. The molecule has 2 aromatic carbocycles. The van der Waals surface area contributed by atoms with Gasteiger partial charge in [-0.2, -0.15) is 23.4 Å².